The Morgan fingerprint density at radius 2 is 2.07 bits per heavy atom. The number of hydrogen-bond donors (Lipinski definition) is 3. The van der Waals surface area contributed by atoms with Crippen LogP contribution in [0.2, 0.25) is 0 Å². The third kappa shape index (κ3) is 2.69. The summed E-state index contributed by atoms with van der Waals surface area (Å²) < 4.78 is 0. The Morgan fingerprint density at radius 1 is 1.29 bits per heavy atom. The fourth-order valence-electron chi connectivity index (χ4n) is 1.91. The normalized spacial score (nSPS) is 31.8. The fraction of sp³-hybridized carbons (Fsp3) is 0.900. The van der Waals surface area contributed by atoms with Crippen LogP contribution < -0.4 is 10.6 Å². The van der Waals surface area contributed by atoms with Gasteiger partial charge in [-0.15, -0.1) is 0 Å². The van der Waals surface area contributed by atoms with Crippen molar-refractivity contribution >= 4 is 5.91 Å². The van der Waals surface area contributed by atoms with Crippen LogP contribution in [0.3, 0.4) is 0 Å². The molecule has 0 aromatic rings. The molecule has 2 fully saturated rings. The summed E-state index contributed by atoms with van der Waals surface area (Å²) in [7, 11) is 0. The molecular weight excluding hydrogens is 180 g/mol. The summed E-state index contributed by atoms with van der Waals surface area (Å²) in [4.78, 5) is 11.3. The van der Waals surface area contributed by atoms with Crippen molar-refractivity contribution in [2.75, 3.05) is 6.54 Å². The lowest BCUT2D eigenvalue weighted by Gasteiger charge is -2.15. The van der Waals surface area contributed by atoms with Gasteiger partial charge in [0.05, 0.1) is 12.6 Å². The molecule has 3 N–H and O–H groups in total. The van der Waals surface area contributed by atoms with E-state index in [1.165, 1.54) is 0 Å². The second kappa shape index (κ2) is 4.28. The molecule has 1 amide bonds. The van der Waals surface area contributed by atoms with Gasteiger partial charge in [-0.05, 0) is 32.1 Å². The quantitative estimate of drug-likeness (QED) is 0.584. The number of aliphatic hydroxyl groups is 1. The fourth-order valence-corrected chi connectivity index (χ4v) is 1.91. The Morgan fingerprint density at radius 3 is 2.64 bits per heavy atom. The van der Waals surface area contributed by atoms with Crippen molar-refractivity contribution in [3.63, 3.8) is 0 Å². The van der Waals surface area contributed by atoms with Crippen molar-refractivity contribution in [3.05, 3.63) is 0 Å². The predicted molar refractivity (Wildman–Crippen MR) is 52.8 cm³/mol. The molecule has 2 aliphatic carbocycles. The van der Waals surface area contributed by atoms with Gasteiger partial charge in [-0.3, -0.25) is 4.79 Å². The van der Waals surface area contributed by atoms with Gasteiger partial charge < -0.3 is 15.7 Å². The molecule has 0 radical (unpaired) electrons. The van der Waals surface area contributed by atoms with Gasteiger partial charge >= 0.3 is 0 Å². The van der Waals surface area contributed by atoms with Gasteiger partial charge in [0.2, 0.25) is 5.91 Å². The molecule has 2 rings (SSSR count). The van der Waals surface area contributed by atoms with E-state index < -0.39 is 0 Å². The Kier molecular flexibility index (Phi) is 3.03. The molecular formula is C10H18N2O2. The van der Waals surface area contributed by atoms with Gasteiger partial charge in [-0.2, -0.15) is 0 Å². The Bertz CT molecular complexity index is 216. The minimum absolute atomic E-state index is 0.0617. The zero-order valence-electron chi connectivity index (χ0n) is 8.33. The topological polar surface area (TPSA) is 61.4 Å². The summed E-state index contributed by atoms with van der Waals surface area (Å²) in [5.41, 5.74) is 0. The minimum atomic E-state index is -0.260. The summed E-state index contributed by atoms with van der Waals surface area (Å²) in [6.45, 7) is 0.345. The lowest BCUT2D eigenvalue weighted by molar-refractivity contribution is -0.120. The van der Waals surface area contributed by atoms with E-state index in [1.54, 1.807) is 0 Å². The van der Waals surface area contributed by atoms with Crippen LogP contribution in [0.15, 0.2) is 0 Å². The molecule has 0 saturated heterocycles. The summed E-state index contributed by atoms with van der Waals surface area (Å²) in [5, 5.41) is 15.5. The van der Waals surface area contributed by atoms with Crippen LogP contribution in [0.5, 0.6) is 0 Å². The number of rotatable bonds is 4. The third-order valence-corrected chi connectivity index (χ3v) is 2.95. The maximum absolute atomic E-state index is 11.3. The van der Waals surface area contributed by atoms with Crippen LogP contribution in [-0.4, -0.2) is 35.7 Å². The molecule has 0 aliphatic heterocycles. The van der Waals surface area contributed by atoms with E-state index in [2.05, 4.69) is 10.6 Å². The highest BCUT2D eigenvalue weighted by Gasteiger charge is 2.26. The lowest BCUT2D eigenvalue weighted by atomic mass is 10.2. The first-order valence-electron chi connectivity index (χ1n) is 5.46. The van der Waals surface area contributed by atoms with E-state index in [0.29, 0.717) is 12.6 Å². The monoisotopic (exact) mass is 198 g/mol. The predicted octanol–water partition coefficient (Wildman–Crippen LogP) is -0.232. The molecule has 2 aliphatic rings. The van der Waals surface area contributed by atoms with Crippen LogP contribution >= 0.6 is 0 Å². The molecule has 4 nitrogen and oxygen atoms in total. The highest BCUT2D eigenvalue weighted by molar-refractivity contribution is 5.78. The molecule has 0 aromatic carbocycles. The molecule has 0 heterocycles. The lowest BCUT2D eigenvalue weighted by Crippen LogP contribution is -2.42. The summed E-state index contributed by atoms with van der Waals surface area (Å²) >= 11 is 0. The Hall–Kier alpha value is -0.610. The number of hydrogen-bond acceptors (Lipinski definition) is 3. The molecule has 0 spiro atoms. The average Bonchev–Trinajstić information content (AvgIpc) is 2.86. The first kappa shape index (κ1) is 9.93. The van der Waals surface area contributed by atoms with Gasteiger partial charge in [0.25, 0.3) is 0 Å². The first-order valence-corrected chi connectivity index (χ1v) is 5.46. The van der Waals surface area contributed by atoms with Crippen molar-refractivity contribution in [3.8, 4) is 0 Å². The average molecular weight is 198 g/mol. The molecule has 2 atom stereocenters. The van der Waals surface area contributed by atoms with Crippen LogP contribution in [0.4, 0.5) is 0 Å². The smallest absolute Gasteiger partial charge is 0.234 e. The minimum Gasteiger partial charge on any atom is -0.392 e. The van der Waals surface area contributed by atoms with Crippen molar-refractivity contribution in [1.29, 1.82) is 0 Å². The number of carbonyl (C=O) groups is 1. The van der Waals surface area contributed by atoms with E-state index in [4.69, 9.17) is 0 Å². The highest BCUT2D eigenvalue weighted by atomic mass is 16.3. The standard InChI is InChI=1S/C10H18N2O2/c13-9-3-1-2-8(9)11-6-10(14)12-7-4-5-7/h7-9,11,13H,1-6H2,(H,12,14)/t8-,9-/m1/s1. The maximum atomic E-state index is 11.3. The van der Waals surface area contributed by atoms with Crippen molar-refractivity contribution in [1.82, 2.24) is 10.6 Å². The van der Waals surface area contributed by atoms with E-state index in [1.807, 2.05) is 0 Å². The van der Waals surface area contributed by atoms with Crippen molar-refractivity contribution in [2.45, 2.75) is 50.3 Å². The SMILES string of the molecule is O=C(CN[C@@H]1CCC[C@H]1O)NC1CC1. The van der Waals surface area contributed by atoms with E-state index in [0.717, 1.165) is 32.1 Å². The molecule has 0 bridgehead atoms. The third-order valence-electron chi connectivity index (χ3n) is 2.95. The second-order valence-corrected chi connectivity index (χ2v) is 4.33. The number of amides is 1. The summed E-state index contributed by atoms with van der Waals surface area (Å²) in [6.07, 6.45) is 4.89. The molecule has 14 heavy (non-hydrogen) atoms. The molecule has 2 saturated carbocycles. The van der Waals surface area contributed by atoms with Crippen LogP contribution in [-0.2, 0) is 4.79 Å². The summed E-state index contributed by atoms with van der Waals surface area (Å²) in [6, 6.07) is 0.553. The number of nitrogens with one attached hydrogen (secondary N) is 2. The van der Waals surface area contributed by atoms with Crippen LogP contribution in [0.1, 0.15) is 32.1 Å². The molecule has 0 unspecified atom stereocenters. The maximum Gasteiger partial charge on any atom is 0.234 e. The van der Waals surface area contributed by atoms with E-state index >= 15 is 0 Å². The highest BCUT2D eigenvalue weighted by Crippen LogP contribution is 2.19. The van der Waals surface area contributed by atoms with E-state index in [-0.39, 0.29) is 18.1 Å². The van der Waals surface area contributed by atoms with Gasteiger partial charge in [-0.1, -0.05) is 0 Å². The van der Waals surface area contributed by atoms with Gasteiger partial charge in [-0.25, -0.2) is 0 Å². The van der Waals surface area contributed by atoms with Gasteiger partial charge in [0.1, 0.15) is 0 Å². The van der Waals surface area contributed by atoms with Crippen molar-refractivity contribution < 1.29 is 9.90 Å². The number of aliphatic hydroxyl groups excluding tert-OH is 1. The van der Waals surface area contributed by atoms with E-state index in [9.17, 15) is 9.90 Å². The molecule has 4 heteroatoms. The van der Waals surface area contributed by atoms with Crippen LogP contribution in [0.25, 0.3) is 0 Å². The van der Waals surface area contributed by atoms with Gasteiger partial charge in [0.15, 0.2) is 0 Å². The zero-order chi connectivity index (χ0) is 9.97. The zero-order valence-corrected chi connectivity index (χ0v) is 8.33. The Balaban J connectivity index is 1.62. The Labute approximate surface area is 84.1 Å². The largest absolute Gasteiger partial charge is 0.392 e. The number of carbonyl (C=O) groups excluding carboxylic acids is 1. The summed E-state index contributed by atoms with van der Waals surface area (Å²) in [5.74, 6) is 0.0617. The van der Waals surface area contributed by atoms with Crippen molar-refractivity contribution in [2.24, 2.45) is 0 Å². The molecule has 0 aromatic heterocycles. The van der Waals surface area contributed by atoms with Crippen LogP contribution in [0, 0.1) is 0 Å². The van der Waals surface area contributed by atoms with Gasteiger partial charge in [0, 0.05) is 12.1 Å². The first-order chi connectivity index (χ1) is 6.75. The molecule has 80 valence electrons. The second-order valence-electron chi connectivity index (χ2n) is 4.33.